The van der Waals surface area contributed by atoms with Crippen molar-refractivity contribution in [3.8, 4) is 11.5 Å². The van der Waals surface area contributed by atoms with Gasteiger partial charge in [0.25, 0.3) is 0 Å². The molecule has 3 N–H and O–H groups in total. The van der Waals surface area contributed by atoms with E-state index >= 15 is 0 Å². The summed E-state index contributed by atoms with van der Waals surface area (Å²) >= 11 is 0. The highest BCUT2D eigenvalue weighted by atomic mass is 32.2. The molecule has 0 bridgehead atoms. The lowest BCUT2D eigenvalue weighted by Crippen LogP contribution is -2.13. The van der Waals surface area contributed by atoms with Crippen molar-refractivity contribution in [2.45, 2.75) is 25.3 Å². The first-order valence-electron chi connectivity index (χ1n) is 7.97. The number of sulfonamides is 1. The molecule has 26 heavy (non-hydrogen) atoms. The summed E-state index contributed by atoms with van der Waals surface area (Å²) in [6.45, 7) is 4.25. The third-order valence-corrected chi connectivity index (χ3v) is 4.88. The van der Waals surface area contributed by atoms with Crippen LogP contribution < -0.4 is 10.5 Å². The van der Waals surface area contributed by atoms with Crippen LogP contribution in [-0.4, -0.2) is 23.4 Å². The fraction of sp³-hybridized carbons (Fsp3) is 0.167. The van der Waals surface area contributed by atoms with E-state index in [1.165, 1.54) is 6.07 Å². The van der Waals surface area contributed by atoms with Crippen LogP contribution in [0.3, 0.4) is 0 Å². The second kappa shape index (κ2) is 7.19. The van der Waals surface area contributed by atoms with Gasteiger partial charge in [-0.3, -0.25) is 4.98 Å². The van der Waals surface area contributed by atoms with Gasteiger partial charge in [-0.1, -0.05) is 18.2 Å². The number of nitrogens with two attached hydrogens (primary N) is 1. The molecule has 0 saturated carbocycles. The molecule has 0 aliphatic rings. The number of nitrogens with one attached hydrogen (secondary N) is 1. The van der Waals surface area contributed by atoms with Crippen molar-refractivity contribution in [2.75, 3.05) is 5.32 Å². The first kappa shape index (κ1) is 18.0. The zero-order valence-corrected chi connectivity index (χ0v) is 15.3. The van der Waals surface area contributed by atoms with Gasteiger partial charge < -0.3 is 5.32 Å². The minimum atomic E-state index is -3.73. The third kappa shape index (κ3) is 4.04. The largest absolute Gasteiger partial charge is 0.366 e. The number of hydrogen-bond acceptors (Lipinski definition) is 6. The predicted octanol–water partition coefficient (Wildman–Crippen LogP) is 2.41. The maximum Gasteiger partial charge on any atom is 0.238 e. The van der Waals surface area contributed by atoms with E-state index in [1.807, 2.05) is 38.1 Å². The molecule has 0 amide bonds. The summed E-state index contributed by atoms with van der Waals surface area (Å²) in [7, 11) is -3.73. The lowest BCUT2D eigenvalue weighted by Gasteiger charge is -2.12. The summed E-state index contributed by atoms with van der Waals surface area (Å²) in [4.78, 5) is 13.4. The second-order valence-electron chi connectivity index (χ2n) is 5.87. The van der Waals surface area contributed by atoms with Crippen molar-refractivity contribution in [2.24, 2.45) is 5.14 Å². The zero-order chi connectivity index (χ0) is 18.7. The van der Waals surface area contributed by atoms with Gasteiger partial charge >= 0.3 is 0 Å². The van der Waals surface area contributed by atoms with E-state index in [2.05, 4.69) is 20.3 Å². The Labute approximate surface area is 152 Å². The number of aryl methyl sites for hydroxylation is 1. The van der Waals surface area contributed by atoms with Crippen LogP contribution in [-0.2, 0) is 16.6 Å². The fourth-order valence-corrected chi connectivity index (χ4v) is 3.01. The summed E-state index contributed by atoms with van der Waals surface area (Å²) in [5, 5.41) is 8.43. The average Bonchev–Trinajstić information content (AvgIpc) is 2.63. The van der Waals surface area contributed by atoms with Gasteiger partial charge in [-0.25, -0.2) is 23.5 Å². The summed E-state index contributed by atoms with van der Waals surface area (Å²) in [6, 6.07) is 12.1. The molecule has 3 aromatic rings. The highest BCUT2D eigenvalue weighted by Crippen LogP contribution is 2.21. The number of nitrogens with zero attached hydrogens (tertiary/aromatic N) is 3. The molecule has 0 aliphatic carbocycles. The number of aromatic nitrogens is 3. The Bertz CT molecular complexity index is 1040. The first-order valence-corrected chi connectivity index (χ1v) is 9.51. The van der Waals surface area contributed by atoms with Crippen LogP contribution in [0.25, 0.3) is 11.5 Å². The van der Waals surface area contributed by atoms with Gasteiger partial charge in [0.2, 0.25) is 10.0 Å². The molecule has 2 aromatic heterocycles. The van der Waals surface area contributed by atoms with Crippen LogP contribution in [0.4, 0.5) is 5.82 Å². The van der Waals surface area contributed by atoms with Crippen molar-refractivity contribution in [3.63, 3.8) is 0 Å². The number of anilines is 1. The monoisotopic (exact) mass is 369 g/mol. The van der Waals surface area contributed by atoms with E-state index in [0.29, 0.717) is 23.9 Å². The SMILES string of the molecule is Cc1nc(-c2ccccn2)nc(NCc2cccc(S(N)(=O)=O)c2)c1C. The average molecular weight is 369 g/mol. The van der Waals surface area contributed by atoms with Gasteiger partial charge in [0.05, 0.1) is 4.90 Å². The standard InChI is InChI=1S/C18H19N5O2S/c1-12-13(2)22-18(16-8-3-4-9-20-16)23-17(12)21-11-14-6-5-7-15(10-14)26(19,24)25/h3-10H,11H2,1-2H3,(H2,19,24,25)(H,21,22,23). The van der Waals surface area contributed by atoms with Crippen LogP contribution in [0.2, 0.25) is 0 Å². The van der Waals surface area contributed by atoms with Crippen LogP contribution >= 0.6 is 0 Å². The molecule has 2 heterocycles. The van der Waals surface area contributed by atoms with Crippen LogP contribution in [0, 0.1) is 13.8 Å². The summed E-state index contributed by atoms with van der Waals surface area (Å²) in [5.74, 6) is 1.22. The zero-order valence-electron chi connectivity index (χ0n) is 14.5. The molecule has 0 atom stereocenters. The first-order chi connectivity index (χ1) is 12.3. The number of rotatable bonds is 5. The molecule has 0 fully saturated rings. The Kier molecular flexibility index (Phi) is 4.97. The van der Waals surface area contributed by atoms with E-state index in [-0.39, 0.29) is 4.90 Å². The number of primary sulfonamides is 1. The summed E-state index contributed by atoms with van der Waals surface area (Å²) in [5.41, 5.74) is 3.25. The van der Waals surface area contributed by atoms with Gasteiger partial charge in [0.15, 0.2) is 5.82 Å². The molecule has 0 spiro atoms. The maximum atomic E-state index is 11.5. The van der Waals surface area contributed by atoms with Gasteiger partial charge in [-0.2, -0.15) is 0 Å². The fourth-order valence-electron chi connectivity index (χ4n) is 2.43. The Hall–Kier alpha value is -2.84. The van der Waals surface area contributed by atoms with Gasteiger partial charge in [-0.05, 0) is 43.7 Å². The normalized spacial score (nSPS) is 11.3. The Morgan fingerprint density at radius 1 is 1.08 bits per heavy atom. The minimum Gasteiger partial charge on any atom is -0.366 e. The van der Waals surface area contributed by atoms with Crippen molar-refractivity contribution in [1.29, 1.82) is 0 Å². The van der Waals surface area contributed by atoms with Crippen molar-refractivity contribution in [1.82, 2.24) is 15.0 Å². The smallest absolute Gasteiger partial charge is 0.238 e. The topological polar surface area (TPSA) is 111 Å². The van der Waals surface area contributed by atoms with E-state index in [9.17, 15) is 8.42 Å². The Morgan fingerprint density at radius 3 is 2.58 bits per heavy atom. The summed E-state index contributed by atoms with van der Waals surface area (Å²) in [6.07, 6.45) is 1.69. The molecule has 0 unspecified atom stereocenters. The predicted molar refractivity (Wildman–Crippen MR) is 99.9 cm³/mol. The molecule has 8 heteroatoms. The molecule has 1 aromatic carbocycles. The van der Waals surface area contributed by atoms with Crippen LogP contribution in [0.1, 0.15) is 16.8 Å². The molecule has 0 radical (unpaired) electrons. The van der Waals surface area contributed by atoms with E-state index in [4.69, 9.17) is 5.14 Å². The van der Waals surface area contributed by atoms with E-state index in [0.717, 1.165) is 16.8 Å². The minimum absolute atomic E-state index is 0.0848. The summed E-state index contributed by atoms with van der Waals surface area (Å²) < 4.78 is 23.0. The lowest BCUT2D eigenvalue weighted by atomic mass is 10.2. The Morgan fingerprint density at radius 2 is 1.88 bits per heavy atom. The third-order valence-electron chi connectivity index (χ3n) is 3.97. The Balaban J connectivity index is 1.88. The molecular weight excluding hydrogens is 350 g/mol. The number of pyridine rings is 1. The molecule has 7 nitrogen and oxygen atoms in total. The van der Waals surface area contributed by atoms with E-state index < -0.39 is 10.0 Å². The number of benzene rings is 1. The highest BCUT2D eigenvalue weighted by Gasteiger charge is 2.11. The maximum absolute atomic E-state index is 11.5. The van der Waals surface area contributed by atoms with Crippen LogP contribution in [0.5, 0.6) is 0 Å². The molecule has 134 valence electrons. The van der Waals surface area contributed by atoms with Crippen molar-refractivity contribution < 1.29 is 8.42 Å². The molecule has 3 rings (SSSR count). The molecular formula is C18H19N5O2S. The van der Waals surface area contributed by atoms with Crippen LogP contribution in [0.15, 0.2) is 53.6 Å². The second-order valence-corrected chi connectivity index (χ2v) is 7.43. The molecule has 0 saturated heterocycles. The quantitative estimate of drug-likeness (QED) is 0.714. The number of hydrogen-bond donors (Lipinski definition) is 2. The van der Waals surface area contributed by atoms with Crippen molar-refractivity contribution in [3.05, 3.63) is 65.5 Å². The highest BCUT2D eigenvalue weighted by molar-refractivity contribution is 7.89. The van der Waals surface area contributed by atoms with Gasteiger partial charge in [-0.15, -0.1) is 0 Å². The molecule has 0 aliphatic heterocycles. The van der Waals surface area contributed by atoms with E-state index in [1.54, 1.807) is 18.3 Å². The lowest BCUT2D eigenvalue weighted by molar-refractivity contribution is 0.597. The van der Waals surface area contributed by atoms with Gasteiger partial charge in [0, 0.05) is 24.0 Å². The van der Waals surface area contributed by atoms with Crippen molar-refractivity contribution >= 4 is 15.8 Å². The van der Waals surface area contributed by atoms with Gasteiger partial charge in [0.1, 0.15) is 11.5 Å².